The van der Waals surface area contributed by atoms with Crippen molar-refractivity contribution in [3.63, 3.8) is 0 Å². The van der Waals surface area contributed by atoms with Gasteiger partial charge in [0.2, 0.25) is 0 Å². The van der Waals surface area contributed by atoms with Crippen molar-refractivity contribution in [2.45, 2.75) is 12.2 Å². The number of piperazine rings is 1. The number of aromatic nitrogens is 3. The Hall–Kier alpha value is -2.13. The highest BCUT2D eigenvalue weighted by molar-refractivity contribution is 6.32. The van der Waals surface area contributed by atoms with Crippen LogP contribution < -0.4 is 15.8 Å². The number of hydrogen-bond acceptors (Lipinski definition) is 5. The number of aromatic amines is 1. The van der Waals surface area contributed by atoms with Gasteiger partial charge in [-0.25, -0.2) is 4.98 Å². The van der Waals surface area contributed by atoms with Crippen LogP contribution in [0.3, 0.4) is 0 Å². The van der Waals surface area contributed by atoms with Crippen LogP contribution in [0.4, 0.5) is 19.0 Å². The van der Waals surface area contributed by atoms with Gasteiger partial charge in [0.1, 0.15) is 16.9 Å². The molecule has 0 bridgehead atoms. The summed E-state index contributed by atoms with van der Waals surface area (Å²) in [5, 5.41) is 2.18. The number of pyridine rings is 1. The van der Waals surface area contributed by atoms with Crippen molar-refractivity contribution in [1.82, 2.24) is 20.3 Å². The van der Waals surface area contributed by atoms with E-state index < -0.39 is 17.8 Å². The highest BCUT2D eigenvalue weighted by Gasteiger charge is 2.42. The number of nitrogens with zero attached hydrogens (tertiary/aromatic N) is 3. The molecule has 10 heteroatoms. The fraction of sp³-hybridized carbons (Fsp3) is 0.357. The van der Waals surface area contributed by atoms with E-state index >= 15 is 0 Å². The third kappa shape index (κ3) is 3.36. The highest BCUT2D eigenvalue weighted by atomic mass is 35.5. The minimum atomic E-state index is -4.39. The van der Waals surface area contributed by atoms with Gasteiger partial charge in [-0.3, -0.25) is 9.78 Å². The summed E-state index contributed by atoms with van der Waals surface area (Å²) in [5.41, 5.74) is -0.0157. The second kappa shape index (κ2) is 6.40. The molecule has 1 fully saturated rings. The van der Waals surface area contributed by atoms with Crippen LogP contribution in [-0.2, 0) is 0 Å². The summed E-state index contributed by atoms with van der Waals surface area (Å²) in [6, 6.07) is 1.56. The van der Waals surface area contributed by atoms with E-state index in [1.54, 1.807) is 12.1 Å². The molecule has 0 aromatic carbocycles. The first-order valence-electron chi connectivity index (χ1n) is 7.11. The lowest BCUT2D eigenvalue weighted by molar-refractivity contribution is -0.155. The Balaban J connectivity index is 1.98. The third-order valence-electron chi connectivity index (χ3n) is 3.67. The summed E-state index contributed by atoms with van der Waals surface area (Å²) in [4.78, 5) is 24.1. The van der Waals surface area contributed by atoms with Gasteiger partial charge in [0.15, 0.2) is 5.82 Å². The van der Waals surface area contributed by atoms with Crippen LogP contribution in [0.2, 0.25) is 5.02 Å². The van der Waals surface area contributed by atoms with E-state index in [9.17, 15) is 18.0 Å². The van der Waals surface area contributed by atoms with E-state index in [4.69, 9.17) is 11.6 Å². The lowest BCUT2D eigenvalue weighted by Crippen LogP contribution is -2.57. The third-order valence-corrected chi connectivity index (χ3v) is 4.01. The average molecular weight is 360 g/mol. The highest BCUT2D eigenvalue weighted by Crippen LogP contribution is 2.28. The summed E-state index contributed by atoms with van der Waals surface area (Å²) >= 11 is 5.99. The first-order valence-corrected chi connectivity index (χ1v) is 7.49. The largest absolute Gasteiger partial charge is 0.405 e. The zero-order valence-electron chi connectivity index (χ0n) is 12.3. The number of alkyl halides is 3. The molecule has 3 heterocycles. The van der Waals surface area contributed by atoms with Crippen LogP contribution >= 0.6 is 11.6 Å². The molecule has 1 atom stereocenters. The Morgan fingerprint density at radius 2 is 2.00 bits per heavy atom. The van der Waals surface area contributed by atoms with Crippen LogP contribution in [-0.4, -0.2) is 46.8 Å². The van der Waals surface area contributed by atoms with E-state index in [2.05, 4.69) is 20.3 Å². The Kier molecular flexibility index (Phi) is 4.46. The van der Waals surface area contributed by atoms with Crippen LogP contribution in [0.25, 0.3) is 11.4 Å². The predicted molar refractivity (Wildman–Crippen MR) is 83.2 cm³/mol. The zero-order chi connectivity index (χ0) is 17.3. The van der Waals surface area contributed by atoms with Gasteiger partial charge in [-0.2, -0.15) is 13.2 Å². The minimum absolute atomic E-state index is 0.0444. The molecule has 0 unspecified atom stereocenters. The molecule has 24 heavy (non-hydrogen) atoms. The molecule has 1 aliphatic heterocycles. The molecular weight excluding hydrogens is 347 g/mol. The van der Waals surface area contributed by atoms with E-state index in [0.717, 1.165) is 0 Å². The number of nitrogens with one attached hydrogen (secondary N) is 2. The molecule has 1 aliphatic rings. The topological polar surface area (TPSA) is 73.9 Å². The first-order chi connectivity index (χ1) is 11.4. The Morgan fingerprint density at radius 3 is 2.67 bits per heavy atom. The maximum absolute atomic E-state index is 12.9. The van der Waals surface area contributed by atoms with Crippen molar-refractivity contribution >= 4 is 17.4 Å². The first kappa shape index (κ1) is 16.7. The summed E-state index contributed by atoms with van der Waals surface area (Å²) in [7, 11) is 0. The van der Waals surface area contributed by atoms with Crippen LogP contribution in [0.15, 0.2) is 29.3 Å². The maximum Gasteiger partial charge on any atom is 0.405 e. The lowest BCUT2D eigenvalue weighted by atomic mass is 10.2. The fourth-order valence-corrected chi connectivity index (χ4v) is 2.67. The summed E-state index contributed by atoms with van der Waals surface area (Å²) in [6.45, 7) is 0.00751. The van der Waals surface area contributed by atoms with Gasteiger partial charge in [0.05, 0.1) is 0 Å². The van der Waals surface area contributed by atoms with Crippen molar-refractivity contribution < 1.29 is 13.2 Å². The Bertz CT molecular complexity index is 780. The SMILES string of the molecule is O=c1[nH]c(-c2ccncc2)nc(N2CCN[C@@H](C(F)(F)F)C2)c1Cl. The molecule has 0 spiro atoms. The van der Waals surface area contributed by atoms with Gasteiger partial charge >= 0.3 is 6.18 Å². The zero-order valence-corrected chi connectivity index (χ0v) is 13.0. The molecule has 2 N–H and O–H groups in total. The Labute approximate surface area is 139 Å². The lowest BCUT2D eigenvalue weighted by Gasteiger charge is -2.35. The molecule has 0 aliphatic carbocycles. The van der Waals surface area contributed by atoms with E-state index in [1.165, 1.54) is 17.3 Å². The molecule has 128 valence electrons. The number of hydrogen-bond donors (Lipinski definition) is 2. The number of H-pyrrole nitrogens is 1. The Morgan fingerprint density at radius 1 is 1.29 bits per heavy atom. The molecule has 3 rings (SSSR count). The smallest absolute Gasteiger partial charge is 0.352 e. The average Bonchev–Trinajstić information content (AvgIpc) is 2.57. The normalized spacial score (nSPS) is 18.7. The predicted octanol–water partition coefficient (Wildman–Crippen LogP) is 1.83. The molecular formula is C14H13ClF3N5O. The van der Waals surface area contributed by atoms with Crippen molar-refractivity contribution in [2.24, 2.45) is 0 Å². The van der Waals surface area contributed by atoms with Crippen molar-refractivity contribution in [3.05, 3.63) is 39.9 Å². The van der Waals surface area contributed by atoms with Crippen LogP contribution in [0, 0.1) is 0 Å². The summed E-state index contributed by atoms with van der Waals surface area (Å²) in [6.07, 6.45) is -1.34. The maximum atomic E-state index is 12.9. The van der Waals surface area contributed by atoms with E-state index in [-0.39, 0.29) is 36.3 Å². The number of anilines is 1. The monoisotopic (exact) mass is 359 g/mol. The van der Waals surface area contributed by atoms with Gasteiger partial charge in [0.25, 0.3) is 5.56 Å². The van der Waals surface area contributed by atoms with Gasteiger partial charge in [-0.1, -0.05) is 11.6 Å². The quantitative estimate of drug-likeness (QED) is 0.855. The second-order valence-electron chi connectivity index (χ2n) is 5.28. The van der Waals surface area contributed by atoms with Crippen molar-refractivity contribution in [1.29, 1.82) is 0 Å². The van der Waals surface area contributed by atoms with Gasteiger partial charge in [0, 0.05) is 37.6 Å². The van der Waals surface area contributed by atoms with Gasteiger partial charge < -0.3 is 15.2 Å². The molecule has 6 nitrogen and oxygen atoms in total. The molecule has 0 radical (unpaired) electrons. The number of rotatable bonds is 2. The fourth-order valence-electron chi connectivity index (χ4n) is 2.46. The molecule has 2 aromatic heterocycles. The van der Waals surface area contributed by atoms with E-state index in [0.29, 0.717) is 5.56 Å². The molecule has 0 amide bonds. The molecule has 1 saturated heterocycles. The standard InChI is InChI=1S/C14H13ClF3N5O/c15-10-12(23-6-5-20-9(7-23)14(16,17)18)21-11(22-13(10)24)8-1-3-19-4-2-8/h1-4,9,20H,5-7H2,(H,21,22,24)/t9-/m1/s1. The van der Waals surface area contributed by atoms with Crippen molar-refractivity contribution in [3.8, 4) is 11.4 Å². The van der Waals surface area contributed by atoms with Gasteiger partial charge in [-0.05, 0) is 12.1 Å². The summed E-state index contributed by atoms with van der Waals surface area (Å²) < 4.78 is 38.8. The van der Waals surface area contributed by atoms with Crippen LogP contribution in [0.1, 0.15) is 0 Å². The van der Waals surface area contributed by atoms with Crippen LogP contribution in [0.5, 0.6) is 0 Å². The minimum Gasteiger partial charge on any atom is -0.352 e. The van der Waals surface area contributed by atoms with Gasteiger partial charge in [-0.15, -0.1) is 0 Å². The summed E-state index contributed by atoms with van der Waals surface area (Å²) in [5.74, 6) is 0.270. The van der Waals surface area contributed by atoms with Crippen molar-refractivity contribution in [2.75, 3.05) is 24.5 Å². The number of halogens is 4. The molecule has 2 aromatic rings. The van der Waals surface area contributed by atoms with E-state index in [1.807, 2.05) is 0 Å². The second-order valence-corrected chi connectivity index (χ2v) is 5.66. The molecule has 0 saturated carbocycles.